The number of benzene rings is 7. The molecule has 7 aromatic carbocycles. The zero-order chi connectivity index (χ0) is 51.3. The standard InChI is InChI=1S/C58H62ClN3/c1-55(2,3)39-21-29-43(30-22-39)60(44-31-23-40(24-32-44)56(4,5)6)52-37-47(62-50-19-15-13-17-48(50)49-18-14-16-20-51(49)62)38-53(54(52)59)61(45-33-25-41(26-34-45)57(7,8)9)46-35-27-42(28-36-46)58(10,11)12/h13-38H,1-12H3/i13D,14D,15D,16D,17D,18D,19D,20D. The van der Waals surface area contributed by atoms with Crippen LogP contribution in [0.5, 0.6) is 0 Å². The quantitative estimate of drug-likeness (QED) is 0.158. The van der Waals surface area contributed by atoms with Gasteiger partial charge in [0.2, 0.25) is 0 Å². The van der Waals surface area contributed by atoms with Crippen molar-refractivity contribution in [1.29, 1.82) is 0 Å². The van der Waals surface area contributed by atoms with Crippen molar-refractivity contribution in [3.05, 3.63) is 185 Å². The summed E-state index contributed by atoms with van der Waals surface area (Å²) in [6, 6.07) is 33.6. The van der Waals surface area contributed by atoms with Gasteiger partial charge in [-0.1, -0.05) is 179 Å². The molecule has 0 unspecified atom stereocenters. The molecule has 1 heterocycles. The second-order valence-corrected chi connectivity index (χ2v) is 20.8. The molecule has 0 aliphatic heterocycles. The molecule has 0 amide bonds. The minimum absolute atomic E-state index is 0.00848. The average Bonchev–Trinajstić information content (AvgIpc) is 3.66. The molecular formula is C58H62ClN3. The Morgan fingerprint density at radius 3 is 0.919 bits per heavy atom. The van der Waals surface area contributed by atoms with E-state index in [1.165, 1.54) is 0 Å². The van der Waals surface area contributed by atoms with Crippen molar-refractivity contribution < 1.29 is 11.0 Å². The van der Waals surface area contributed by atoms with Gasteiger partial charge in [-0.15, -0.1) is 0 Å². The van der Waals surface area contributed by atoms with Gasteiger partial charge in [0.25, 0.3) is 0 Å². The van der Waals surface area contributed by atoms with Crippen LogP contribution in [-0.2, 0) is 21.7 Å². The summed E-state index contributed by atoms with van der Waals surface area (Å²) in [7, 11) is 0. The van der Waals surface area contributed by atoms with Crippen LogP contribution in [0.15, 0.2) is 158 Å². The number of halogens is 1. The predicted molar refractivity (Wildman–Crippen MR) is 270 cm³/mol. The van der Waals surface area contributed by atoms with Gasteiger partial charge in [-0.05, 0) is 117 Å². The molecule has 8 rings (SSSR count). The highest BCUT2D eigenvalue weighted by Crippen LogP contribution is 2.50. The van der Waals surface area contributed by atoms with E-state index in [1.807, 2.05) is 12.1 Å². The Morgan fingerprint density at radius 2 is 0.661 bits per heavy atom. The topological polar surface area (TPSA) is 11.4 Å². The maximum absolute atomic E-state index is 9.46. The number of hydrogen-bond acceptors (Lipinski definition) is 2. The Bertz CT molecular complexity index is 2980. The highest BCUT2D eigenvalue weighted by atomic mass is 35.5. The smallest absolute Gasteiger partial charge is 0.0888 e. The summed E-state index contributed by atoms with van der Waals surface area (Å²) in [6.07, 6.45) is 0. The van der Waals surface area contributed by atoms with Crippen LogP contribution in [-0.4, -0.2) is 4.57 Å². The van der Waals surface area contributed by atoms with Crippen molar-refractivity contribution in [2.45, 2.75) is 105 Å². The molecule has 8 aromatic rings. The van der Waals surface area contributed by atoms with Crippen LogP contribution in [0, 0.1) is 0 Å². The number of aromatic nitrogens is 1. The number of nitrogens with zero attached hydrogens (tertiary/aromatic N) is 3. The Labute approximate surface area is 386 Å². The largest absolute Gasteiger partial charge is 0.309 e. The number of para-hydroxylation sites is 2. The highest BCUT2D eigenvalue weighted by Gasteiger charge is 2.27. The summed E-state index contributed by atoms with van der Waals surface area (Å²) in [5.41, 5.74) is 8.60. The molecule has 0 aliphatic carbocycles. The number of hydrogen-bond donors (Lipinski definition) is 0. The van der Waals surface area contributed by atoms with Crippen LogP contribution >= 0.6 is 11.6 Å². The molecule has 3 nitrogen and oxygen atoms in total. The van der Waals surface area contributed by atoms with Crippen LogP contribution in [0.4, 0.5) is 34.1 Å². The summed E-state index contributed by atoms with van der Waals surface area (Å²) < 4.78 is 74.3. The summed E-state index contributed by atoms with van der Waals surface area (Å²) in [5, 5.41) is 0.338. The first-order chi connectivity index (χ1) is 32.5. The fourth-order valence-electron chi connectivity index (χ4n) is 8.01. The van der Waals surface area contributed by atoms with Crippen LogP contribution in [0.3, 0.4) is 0 Å². The van der Waals surface area contributed by atoms with Gasteiger partial charge in [-0.2, -0.15) is 0 Å². The number of anilines is 6. The van der Waals surface area contributed by atoms with Gasteiger partial charge in [0.1, 0.15) is 0 Å². The Balaban J connectivity index is 1.58. The van der Waals surface area contributed by atoms with Gasteiger partial charge < -0.3 is 14.4 Å². The van der Waals surface area contributed by atoms with E-state index in [9.17, 15) is 5.48 Å². The van der Waals surface area contributed by atoms with E-state index in [1.54, 1.807) is 4.57 Å². The zero-order valence-electron chi connectivity index (χ0n) is 46.1. The number of fused-ring (bicyclic) bond motifs is 3. The normalized spacial score (nSPS) is 14.4. The first kappa shape index (κ1) is 33.8. The average molecular weight is 845 g/mol. The van der Waals surface area contributed by atoms with Crippen molar-refractivity contribution in [2.75, 3.05) is 9.80 Å². The van der Waals surface area contributed by atoms with Gasteiger partial charge >= 0.3 is 0 Å². The lowest BCUT2D eigenvalue weighted by atomic mass is 9.86. The van der Waals surface area contributed by atoms with Crippen LogP contribution in [0.25, 0.3) is 27.5 Å². The maximum atomic E-state index is 9.46. The zero-order valence-corrected chi connectivity index (χ0v) is 38.9. The first-order valence-corrected chi connectivity index (χ1v) is 21.8. The molecule has 0 aliphatic rings. The van der Waals surface area contributed by atoms with Crippen molar-refractivity contribution in [3.63, 3.8) is 0 Å². The fraction of sp³-hybridized carbons (Fsp3) is 0.276. The minimum Gasteiger partial charge on any atom is -0.309 e. The van der Waals surface area contributed by atoms with Gasteiger partial charge in [0.05, 0.1) is 44.1 Å². The van der Waals surface area contributed by atoms with Crippen LogP contribution in [0.2, 0.25) is 5.02 Å². The Hall–Kier alpha value is -5.77. The van der Waals surface area contributed by atoms with E-state index in [2.05, 4.69) is 190 Å². The van der Waals surface area contributed by atoms with Crippen LogP contribution in [0.1, 0.15) is 116 Å². The van der Waals surface area contributed by atoms with Gasteiger partial charge in [-0.25, -0.2) is 0 Å². The minimum atomic E-state index is -0.506. The van der Waals surface area contributed by atoms with E-state index in [0.29, 0.717) is 22.1 Å². The maximum Gasteiger partial charge on any atom is 0.0888 e. The molecule has 4 heteroatoms. The third kappa shape index (κ3) is 8.28. The van der Waals surface area contributed by atoms with Crippen molar-refractivity contribution >= 4 is 67.5 Å². The van der Waals surface area contributed by atoms with E-state index >= 15 is 0 Å². The summed E-state index contributed by atoms with van der Waals surface area (Å²) in [4.78, 5) is 4.16. The fourth-order valence-corrected chi connectivity index (χ4v) is 8.29. The van der Waals surface area contributed by atoms with Crippen LogP contribution < -0.4 is 9.80 Å². The first-order valence-electron chi connectivity index (χ1n) is 25.4. The second-order valence-electron chi connectivity index (χ2n) is 20.4. The molecule has 0 atom stereocenters. The second kappa shape index (κ2) is 15.9. The molecule has 1 aromatic heterocycles. The van der Waals surface area contributed by atoms with Gasteiger partial charge in [0, 0.05) is 33.5 Å². The molecule has 0 radical (unpaired) electrons. The van der Waals surface area contributed by atoms with Crippen molar-refractivity contribution in [1.82, 2.24) is 4.57 Å². The molecule has 0 fully saturated rings. The van der Waals surface area contributed by atoms with Crippen molar-refractivity contribution in [3.8, 4) is 5.69 Å². The van der Waals surface area contributed by atoms with Gasteiger partial charge in [0.15, 0.2) is 0 Å². The van der Waals surface area contributed by atoms with E-state index < -0.39 is 36.3 Å². The molecular weight excluding hydrogens is 774 g/mol. The third-order valence-corrected chi connectivity index (χ3v) is 12.1. The molecule has 62 heavy (non-hydrogen) atoms. The van der Waals surface area contributed by atoms with E-state index in [-0.39, 0.29) is 55.6 Å². The number of rotatable bonds is 7. The Kier molecular flexibility index (Phi) is 8.64. The van der Waals surface area contributed by atoms with Crippen molar-refractivity contribution in [2.24, 2.45) is 0 Å². The molecule has 0 N–H and O–H groups in total. The monoisotopic (exact) mass is 844 g/mol. The van der Waals surface area contributed by atoms with Gasteiger partial charge in [-0.3, -0.25) is 0 Å². The molecule has 0 saturated carbocycles. The Morgan fingerprint density at radius 1 is 0.403 bits per heavy atom. The summed E-state index contributed by atoms with van der Waals surface area (Å²) >= 11 is 8.05. The third-order valence-electron chi connectivity index (χ3n) is 11.8. The molecule has 0 spiro atoms. The van der Waals surface area contributed by atoms with E-state index in [0.717, 1.165) is 45.0 Å². The summed E-state index contributed by atoms with van der Waals surface area (Å²) in [6.45, 7) is 26.0. The lowest BCUT2D eigenvalue weighted by Crippen LogP contribution is -2.17. The predicted octanol–water partition coefficient (Wildman–Crippen LogP) is 17.6. The highest BCUT2D eigenvalue weighted by molar-refractivity contribution is 6.37. The molecule has 0 saturated heterocycles. The molecule has 316 valence electrons. The SMILES string of the molecule is [2H]c1c([2H])c([2H])c2c(c1[2H])c1c([2H])c([2H])c([2H])c([2H])c1n2-c1cc(N(c2ccc(C(C)(C)C)cc2)c2ccc(C(C)(C)C)cc2)c(Cl)c(N(c2ccc(C(C)(C)C)cc2)c2ccc(C(C)(C)C)cc2)c1. The molecule has 0 bridgehead atoms. The lowest BCUT2D eigenvalue weighted by molar-refractivity contribution is 0.590. The van der Waals surface area contributed by atoms with E-state index in [4.69, 9.17) is 17.1 Å². The lowest BCUT2D eigenvalue weighted by Gasteiger charge is -2.33. The summed E-state index contributed by atoms with van der Waals surface area (Å²) in [5.74, 6) is 0.